The number of rotatable bonds is 6. The average molecular weight is 369 g/mol. The summed E-state index contributed by atoms with van der Waals surface area (Å²) in [5.41, 5.74) is 3.15. The molecule has 0 spiro atoms. The predicted molar refractivity (Wildman–Crippen MR) is 104 cm³/mol. The molecular weight excluding hydrogens is 346 g/mol. The molecule has 0 unspecified atom stereocenters. The van der Waals surface area contributed by atoms with Crippen molar-refractivity contribution < 1.29 is 19.4 Å². The van der Waals surface area contributed by atoms with E-state index in [0.717, 1.165) is 37.4 Å². The first-order chi connectivity index (χ1) is 13.0. The number of aryl methyl sites for hydroxylation is 1. The van der Waals surface area contributed by atoms with Crippen LogP contribution >= 0.6 is 0 Å². The lowest BCUT2D eigenvalue weighted by Crippen LogP contribution is -2.43. The van der Waals surface area contributed by atoms with Crippen LogP contribution in [0.25, 0.3) is 0 Å². The predicted octanol–water partition coefficient (Wildman–Crippen LogP) is 2.12. The van der Waals surface area contributed by atoms with Crippen LogP contribution in [-0.2, 0) is 4.79 Å². The summed E-state index contributed by atoms with van der Waals surface area (Å²) in [5, 5.41) is 14.9. The van der Waals surface area contributed by atoms with Crippen molar-refractivity contribution in [3.8, 4) is 5.75 Å². The lowest BCUT2D eigenvalue weighted by atomic mass is 10.1. The van der Waals surface area contributed by atoms with E-state index in [-0.39, 0.29) is 5.91 Å². The first-order valence-corrected chi connectivity index (χ1v) is 8.85. The molecule has 1 saturated heterocycles. The van der Waals surface area contributed by atoms with Gasteiger partial charge in [-0.05, 0) is 55.0 Å². The summed E-state index contributed by atoms with van der Waals surface area (Å²) in [5.74, 6) is -0.772. The van der Waals surface area contributed by atoms with E-state index in [4.69, 9.17) is 9.84 Å². The maximum atomic E-state index is 12.5. The Kier molecular flexibility index (Phi) is 5.93. The molecule has 0 radical (unpaired) electrons. The van der Waals surface area contributed by atoms with Crippen molar-refractivity contribution >= 4 is 23.3 Å². The van der Waals surface area contributed by atoms with E-state index in [1.54, 1.807) is 18.2 Å². The molecule has 2 aromatic carbocycles. The SMILES string of the molecule is Cc1cc(OCC(=O)O)ccc1NC(=O)c1ccc(N2CCNCC2)cc1. The smallest absolute Gasteiger partial charge is 0.341 e. The number of amides is 1. The van der Waals surface area contributed by atoms with Crippen LogP contribution in [0.5, 0.6) is 5.75 Å². The highest BCUT2D eigenvalue weighted by atomic mass is 16.5. The summed E-state index contributed by atoms with van der Waals surface area (Å²) >= 11 is 0. The third-order valence-electron chi connectivity index (χ3n) is 4.42. The number of anilines is 2. The van der Waals surface area contributed by atoms with Crippen LogP contribution in [-0.4, -0.2) is 49.8 Å². The maximum absolute atomic E-state index is 12.5. The summed E-state index contributed by atoms with van der Waals surface area (Å²) < 4.78 is 5.14. The van der Waals surface area contributed by atoms with Crippen LogP contribution in [0.15, 0.2) is 42.5 Å². The van der Waals surface area contributed by atoms with E-state index >= 15 is 0 Å². The van der Waals surface area contributed by atoms with Crippen molar-refractivity contribution in [1.82, 2.24) is 5.32 Å². The number of ether oxygens (including phenoxy) is 1. The quantitative estimate of drug-likeness (QED) is 0.723. The third kappa shape index (κ3) is 4.98. The normalized spacial score (nSPS) is 13.9. The summed E-state index contributed by atoms with van der Waals surface area (Å²) in [6.07, 6.45) is 0. The lowest BCUT2D eigenvalue weighted by molar-refractivity contribution is -0.139. The molecule has 0 atom stereocenters. The molecule has 0 aliphatic carbocycles. The maximum Gasteiger partial charge on any atom is 0.341 e. The van der Waals surface area contributed by atoms with Gasteiger partial charge in [0.25, 0.3) is 5.91 Å². The molecule has 0 bridgehead atoms. The van der Waals surface area contributed by atoms with E-state index in [2.05, 4.69) is 15.5 Å². The number of piperazine rings is 1. The number of carboxylic acids is 1. The van der Waals surface area contributed by atoms with E-state index in [0.29, 0.717) is 17.0 Å². The molecule has 1 aliphatic heterocycles. The van der Waals surface area contributed by atoms with Gasteiger partial charge in [0.1, 0.15) is 5.75 Å². The Morgan fingerprint density at radius 2 is 1.85 bits per heavy atom. The van der Waals surface area contributed by atoms with Crippen molar-refractivity contribution in [3.63, 3.8) is 0 Å². The molecule has 1 aliphatic rings. The second-order valence-electron chi connectivity index (χ2n) is 6.40. The Morgan fingerprint density at radius 1 is 1.15 bits per heavy atom. The minimum Gasteiger partial charge on any atom is -0.482 e. The van der Waals surface area contributed by atoms with E-state index in [9.17, 15) is 9.59 Å². The van der Waals surface area contributed by atoms with Crippen molar-refractivity contribution in [3.05, 3.63) is 53.6 Å². The molecule has 7 heteroatoms. The summed E-state index contributed by atoms with van der Waals surface area (Å²) in [4.78, 5) is 25.4. The summed E-state index contributed by atoms with van der Waals surface area (Å²) in [6, 6.07) is 12.6. The fourth-order valence-electron chi connectivity index (χ4n) is 2.95. The van der Waals surface area contributed by atoms with Gasteiger partial charge in [-0.25, -0.2) is 4.79 Å². The summed E-state index contributed by atoms with van der Waals surface area (Å²) in [6.45, 7) is 5.28. The third-order valence-corrected chi connectivity index (χ3v) is 4.42. The fourth-order valence-corrected chi connectivity index (χ4v) is 2.95. The number of carbonyl (C=O) groups is 2. The number of carboxylic acid groups (broad SMARTS) is 1. The van der Waals surface area contributed by atoms with Crippen molar-refractivity contribution in [2.24, 2.45) is 0 Å². The Bertz CT molecular complexity index is 814. The average Bonchev–Trinajstić information content (AvgIpc) is 2.69. The zero-order valence-corrected chi connectivity index (χ0v) is 15.2. The standard InChI is InChI=1S/C20H23N3O4/c1-14-12-17(27-13-19(24)25)6-7-18(14)22-20(26)15-2-4-16(5-3-15)23-10-8-21-9-11-23/h2-7,12,21H,8-11,13H2,1H3,(H,22,26)(H,24,25). The zero-order valence-electron chi connectivity index (χ0n) is 15.2. The molecule has 1 amide bonds. The second-order valence-corrected chi connectivity index (χ2v) is 6.40. The van der Waals surface area contributed by atoms with Gasteiger partial charge in [0.15, 0.2) is 6.61 Å². The Morgan fingerprint density at radius 3 is 2.48 bits per heavy atom. The van der Waals surface area contributed by atoms with Gasteiger partial charge in [-0.3, -0.25) is 4.79 Å². The number of benzene rings is 2. The van der Waals surface area contributed by atoms with E-state index in [1.165, 1.54) is 0 Å². The highest BCUT2D eigenvalue weighted by Gasteiger charge is 2.12. The first-order valence-electron chi connectivity index (χ1n) is 8.85. The van der Waals surface area contributed by atoms with Crippen LogP contribution in [0.4, 0.5) is 11.4 Å². The molecule has 3 N–H and O–H groups in total. The summed E-state index contributed by atoms with van der Waals surface area (Å²) in [7, 11) is 0. The number of hydrogen-bond acceptors (Lipinski definition) is 5. The number of carbonyl (C=O) groups excluding carboxylic acids is 1. The molecule has 0 saturated carbocycles. The molecule has 3 rings (SSSR count). The van der Waals surface area contributed by atoms with Crippen molar-refractivity contribution in [2.75, 3.05) is 43.0 Å². The molecular formula is C20H23N3O4. The van der Waals surface area contributed by atoms with Gasteiger partial charge in [-0.2, -0.15) is 0 Å². The molecule has 27 heavy (non-hydrogen) atoms. The van der Waals surface area contributed by atoms with Crippen LogP contribution < -0.4 is 20.3 Å². The molecule has 142 valence electrons. The van der Waals surface area contributed by atoms with Gasteiger partial charge in [0.2, 0.25) is 0 Å². The molecule has 7 nitrogen and oxygen atoms in total. The highest BCUT2D eigenvalue weighted by molar-refractivity contribution is 6.04. The molecule has 1 heterocycles. The second kappa shape index (κ2) is 8.55. The molecule has 0 aromatic heterocycles. The topological polar surface area (TPSA) is 90.9 Å². The number of nitrogens with one attached hydrogen (secondary N) is 2. The number of nitrogens with zero attached hydrogens (tertiary/aromatic N) is 1. The largest absolute Gasteiger partial charge is 0.482 e. The Balaban J connectivity index is 1.63. The van der Waals surface area contributed by atoms with Crippen molar-refractivity contribution in [1.29, 1.82) is 0 Å². The van der Waals surface area contributed by atoms with Crippen LogP contribution in [0.3, 0.4) is 0 Å². The van der Waals surface area contributed by atoms with Gasteiger partial charge in [0, 0.05) is 43.1 Å². The Labute approximate surface area is 157 Å². The number of hydrogen-bond donors (Lipinski definition) is 3. The first kappa shape index (κ1) is 18.7. The van der Waals surface area contributed by atoms with Gasteiger partial charge >= 0.3 is 5.97 Å². The fraction of sp³-hybridized carbons (Fsp3) is 0.300. The van der Waals surface area contributed by atoms with Crippen LogP contribution in [0.1, 0.15) is 15.9 Å². The lowest BCUT2D eigenvalue weighted by Gasteiger charge is -2.29. The monoisotopic (exact) mass is 369 g/mol. The van der Waals surface area contributed by atoms with Crippen LogP contribution in [0, 0.1) is 6.92 Å². The van der Waals surface area contributed by atoms with Crippen molar-refractivity contribution in [2.45, 2.75) is 6.92 Å². The Hall–Kier alpha value is -3.06. The van der Waals surface area contributed by atoms with Gasteiger partial charge in [-0.1, -0.05) is 0 Å². The van der Waals surface area contributed by atoms with E-state index < -0.39 is 12.6 Å². The molecule has 1 fully saturated rings. The van der Waals surface area contributed by atoms with Crippen LogP contribution in [0.2, 0.25) is 0 Å². The minimum absolute atomic E-state index is 0.191. The molecule has 2 aromatic rings. The zero-order chi connectivity index (χ0) is 19.2. The van der Waals surface area contributed by atoms with Gasteiger partial charge < -0.3 is 25.4 Å². The minimum atomic E-state index is -1.03. The number of aliphatic carboxylic acids is 1. The van der Waals surface area contributed by atoms with Gasteiger partial charge in [-0.15, -0.1) is 0 Å². The highest BCUT2D eigenvalue weighted by Crippen LogP contribution is 2.22. The van der Waals surface area contributed by atoms with Gasteiger partial charge in [0.05, 0.1) is 0 Å². The van der Waals surface area contributed by atoms with E-state index in [1.807, 2.05) is 31.2 Å².